The van der Waals surface area contributed by atoms with Crippen LogP contribution in [0.3, 0.4) is 0 Å². The molecule has 0 saturated carbocycles. The van der Waals surface area contributed by atoms with E-state index in [1.165, 1.54) is 16.2 Å². The normalized spacial score (nSPS) is 10.5. The van der Waals surface area contributed by atoms with E-state index in [2.05, 4.69) is 41.6 Å². The van der Waals surface area contributed by atoms with E-state index in [0.717, 1.165) is 21.5 Å². The average Bonchev–Trinajstić information content (AvgIpc) is 2.95. The van der Waals surface area contributed by atoms with Crippen LogP contribution in [0.15, 0.2) is 47.4 Å². The van der Waals surface area contributed by atoms with Gasteiger partial charge in [0.1, 0.15) is 18.4 Å². The Hall–Kier alpha value is -2.03. The molecule has 3 aromatic rings. The Morgan fingerprint density at radius 2 is 2.05 bits per heavy atom. The molecule has 0 amide bonds. The first-order valence-corrected chi connectivity index (χ1v) is 8.39. The largest absolute Gasteiger partial charge is 0.489 e. The Morgan fingerprint density at radius 3 is 2.76 bits per heavy atom. The molecule has 5 heteroatoms. The number of benzene rings is 2. The topological polar surface area (TPSA) is 45.9 Å². The van der Waals surface area contributed by atoms with Crippen LogP contribution in [-0.2, 0) is 6.61 Å². The second-order valence-corrected chi connectivity index (χ2v) is 6.31. The van der Waals surface area contributed by atoms with Gasteiger partial charge in [-0.2, -0.15) is 5.26 Å². The molecule has 3 rings (SSSR count). The van der Waals surface area contributed by atoms with Crippen molar-refractivity contribution >= 4 is 33.3 Å². The second-order valence-electron chi connectivity index (χ2n) is 4.40. The number of nitrogens with zero attached hydrogens (tertiary/aromatic N) is 2. The first-order chi connectivity index (χ1) is 10.3. The van der Waals surface area contributed by atoms with Crippen molar-refractivity contribution in [2.75, 3.05) is 6.26 Å². The molecule has 0 N–H and O–H groups in total. The molecule has 1 aromatic heterocycles. The molecule has 0 spiro atoms. The fourth-order valence-electron chi connectivity index (χ4n) is 1.93. The van der Waals surface area contributed by atoms with Gasteiger partial charge in [-0.05, 0) is 42.2 Å². The lowest BCUT2D eigenvalue weighted by Gasteiger charge is -2.06. The molecular weight excluding hydrogens is 300 g/mol. The molecular formula is C16H12N2OS2. The Bertz CT molecular complexity index is 803. The lowest BCUT2D eigenvalue weighted by molar-refractivity contribution is 0.306. The fourth-order valence-corrected chi connectivity index (χ4v) is 3.13. The third-order valence-corrected chi connectivity index (χ3v) is 4.69. The zero-order valence-electron chi connectivity index (χ0n) is 11.4. The van der Waals surface area contributed by atoms with Gasteiger partial charge in [0.2, 0.25) is 0 Å². The summed E-state index contributed by atoms with van der Waals surface area (Å²) in [4.78, 5) is 5.45. The fraction of sp³-hybridized carbons (Fsp3) is 0.125. The lowest BCUT2D eigenvalue weighted by Crippen LogP contribution is -1.94. The van der Waals surface area contributed by atoms with Gasteiger partial charge in [-0.15, -0.1) is 23.1 Å². The van der Waals surface area contributed by atoms with Gasteiger partial charge in [0, 0.05) is 4.90 Å². The molecule has 0 aliphatic carbocycles. The maximum atomic E-state index is 8.87. The second kappa shape index (κ2) is 6.17. The Morgan fingerprint density at radius 1 is 1.24 bits per heavy atom. The van der Waals surface area contributed by atoms with Crippen molar-refractivity contribution in [1.82, 2.24) is 4.98 Å². The molecule has 0 atom stereocenters. The lowest BCUT2D eigenvalue weighted by atomic mass is 10.2. The van der Waals surface area contributed by atoms with Crippen LogP contribution in [0.4, 0.5) is 0 Å². The van der Waals surface area contributed by atoms with Crippen LogP contribution in [0.2, 0.25) is 0 Å². The summed E-state index contributed by atoms with van der Waals surface area (Å²) in [6.07, 6.45) is 2.06. The number of ether oxygens (including phenoxy) is 1. The van der Waals surface area contributed by atoms with Gasteiger partial charge in [-0.3, -0.25) is 0 Å². The molecule has 3 nitrogen and oxygen atoms in total. The molecule has 0 radical (unpaired) electrons. The van der Waals surface area contributed by atoms with Gasteiger partial charge in [0.25, 0.3) is 0 Å². The van der Waals surface area contributed by atoms with E-state index in [1.54, 1.807) is 11.8 Å². The minimum atomic E-state index is 0.481. The number of nitriles is 1. The summed E-state index contributed by atoms with van der Waals surface area (Å²) in [5.41, 5.74) is 1.98. The number of rotatable bonds is 4. The van der Waals surface area contributed by atoms with Crippen LogP contribution >= 0.6 is 23.1 Å². The van der Waals surface area contributed by atoms with Gasteiger partial charge >= 0.3 is 0 Å². The van der Waals surface area contributed by atoms with E-state index in [0.29, 0.717) is 11.6 Å². The molecule has 2 aromatic carbocycles. The predicted molar refractivity (Wildman–Crippen MR) is 86.9 cm³/mol. The molecule has 21 heavy (non-hydrogen) atoms. The van der Waals surface area contributed by atoms with E-state index >= 15 is 0 Å². The zero-order chi connectivity index (χ0) is 14.7. The molecule has 0 unspecified atom stereocenters. The van der Waals surface area contributed by atoms with Crippen molar-refractivity contribution in [1.29, 1.82) is 5.26 Å². The molecule has 1 heterocycles. The minimum Gasteiger partial charge on any atom is -0.489 e. The van der Waals surface area contributed by atoms with Gasteiger partial charge in [0.05, 0.1) is 10.2 Å². The van der Waals surface area contributed by atoms with Gasteiger partial charge in [0.15, 0.2) is 5.01 Å². The third kappa shape index (κ3) is 3.18. The smallest absolute Gasteiger partial charge is 0.195 e. The van der Waals surface area contributed by atoms with E-state index < -0.39 is 0 Å². The van der Waals surface area contributed by atoms with Crippen molar-refractivity contribution < 1.29 is 4.74 Å². The van der Waals surface area contributed by atoms with Crippen LogP contribution in [0.5, 0.6) is 5.75 Å². The van der Waals surface area contributed by atoms with E-state index in [4.69, 9.17) is 10.00 Å². The first-order valence-electron chi connectivity index (χ1n) is 6.35. The number of hydrogen-bond acceptors (Lipinski definition) is 5. The van der Waals surface area contributed by atoms with Crippen molar-refractivity contribution in [2.45, 2.75) is 11.5 Å². The van der Waals surface area contributed by atoms with E-state index in [1.807, 2.05) is 18.2 Å². The number of aromatic nitrogens is 1. The highest BCUT2D eigenvalue weighted by Crippen LogP contribution is 2.26. The first kappa shape index (κ1) is 13.9. The SMILES string of the molecule is CSc1ccc(COc2ccc3nc(C#N)sc3c2)cc1. The van der Waals surface area contributed by atoms with Gasteiger partial charge < -0.3 is 4.74 Å². The summed E-state index contributed by atoms with van der Waals surface area (Å²) >= 11 is 3.11. The number of thioether (sulfide) groups is 1. The standard InChI is InChI=1S/C16H12N2OS2/c1-20-13-5-2-11(3-6-13)10-19-12-4-7-14-15(8-12)21-16(9-17)18-14/h2-8H,10H2,1H3. The molecule has 0 bridgehead atoms. The van der Waals surface area contributed by atoms with Crippen LogP contribution < -0.4 is 4.74 Å². The highest BCUT2D eigenvalue weighted by atomic mass is 32.2. The Labute approximate surface area is 131 Å². The predicted octanol–water partition coefficient (Wildman–Crippen LogP) is 4.47. The molecule has 104 valence electrons. The summed E-state index contributed by atoms with van der Waals surface area (Å²) < 4.78 is 6.78. The quantitative estimate of drug-likeness (QED) is 0.667. The summed E-state index contributed by atoms with van der Waals surface area (Å²) in [5, 5.41) is 9.35. The highest BCUT2D eigenvalue weighted by molar-refractivity contribution is 7.98. The molecule has 0 fully saturated rings. The maximum absolute atomic E-state index is 8.87. The molecule has 0 aliphatic rings. The Kier molecular flexibility index (Phi) is 4.09. The third-order valence-electron chi connectivity index (χ3n) is 3.02. The van der Waals surface area contributed by atoms with Crippen molar-refractivity contribution in [3.63, 3.8) is 0 Å². The summed E-state index contributed by atoms with van der Waals surface area (Å²) in [5.74, 6) is 0.796. The highest BCUT2D eigenvalue weighted by Gasteiger charge is 2.05. The van der Waals surface area contributed by atoms with Gasteiger partial charge in [-0.25, -0.2) is 4.98 Å². The van der Waals surface area contributed by atoms with E-state index in [-0.39, 0.29) is 0 Å². The Balaban J connectivity index is 1.73. The summed E-state index contributed by atoms with van der Waals surface area (Å²) in [6, 6.07) is 16.1. The minimum absolute atomic E-state index is 0.481. The molecule has 0 aliphatic heterocycles. The van der Waals surface area contributed by atoms with Crippen LogP contribution in [-0.4, -0.2) is 11.2 Å². The van der Waals surface area contributed by atoms with Crippen molar-refractivity contribution in [3.05, 3.63) is 53.0 Å². The van der Waals surface area contributed by atoms with Crippen molar-refractivity contribution in [2.24, 2.45) is 0 Å². The number of hydrogen-bond donors (Lipinski definition) is 0. The van der Waals surface area contributed by atoms with Gasteiger partial charge in [-0.1, -0.05) is 12.1 Å². The van der Waals surface area contributed by atoms with Crippen LogP contribution in [0.25, 0.3) is 10.2 Å². The number of fused-ring (bicyclic) bond motifs is 1. The molecule has 0 saturated heterocycles. The monoisotopic (exact) mass is 312 g/mol. The zero-order valence-corrected chi connectivity index (χ0v) is 13.0. The van der Waals surface area contributed by atoms with Crippen LogP contribution in [0, 0.1) is 11.3 Å². The maximum Gasteiger partial charge on any atom is 0.195 e. The van der Waals surface area contributed by atoms with Crippen LogP contribution in [0.1, 0.15) is 10.6 Å². The summed E-state index contributed by atoms with van der Waals surface area (Å²) in [7, 11) is 0. The summed E-state index contributed by atoms with van der Waals surface area (Å²) in [6.45, 7) is 0.532. The number of thiazole rings is 1. The average molecular weight is 312 g/mol. The van der Waals surface area contributed by atoms with E-state index in [9.17, 15) is 0 Å². The van der Waals surface area contributed by atoms with Crippen molar-refractivity contribution in [3.8, 4) is 11.8 Å².